The number of rotatable bonds is 6. The molecular formula is C28H31PSi2. The molecule has 3 heteroatoms. The molecule has 0 amide bonds. The molecule has 4 aromatic rings. The van der Waals surface area contributed by atoms with Crippen molar-refractivity contribution in [2.75, 3.05) is 0 Å². The van der Waals surface area contributed by atoms with E-state index in [4.69, 9.17) is 0 Å². The molecule has 0 bridgehead atoms. The Labute approximate surface area is 190 Å². The predicted octanol–water partition coefficient (Wildman–Crippen LogP) is 5.05. The number of hydrogen-bond acceptors (Lipinski definition) is 0. The van der Waals surface area contributed by atoms with Crippen LogP contribution in [0.25, 0.3) is 0 Å². The van der Waals surface area contributed by atoms with E-state index in [0.717, 1.165) is 0 Å². The van der Waals surface area contributed by atoms with Crippen LogP contribution in [0.2, 0.25) is 26.2 Å². The average molecular weight is 455 g/mol. The smallest absolute Gasteiger partial charge is 0.0671 e. The minimum Gasteiger partial charge on any atom is -0.0671 e. The van der Waals surface area contributed by atoms with Crippen LogP contribution < -0.4 is 26.3 Å². The molecule has 0 aliphatic heterocycles. The fraction of sp³-hybridized carbons (Fsp3) is 0.143. The van der Waals surface area contributed by atoms with Gasteiger partial charge in [0.25, 0.3) is 0 Å². The van der Waals surface area contributed by atoms with Gasteiger partial charge in [-0.25, -0.2) is 0 Å². The van der Waals surface area contributed by atoms with Crippen molar-refractivity contribution < 1.29 is 0 Å². The Morgan fingerprint density at radius 3 is 1.39 bits per heavy atom. The maximum absolute atomic E-state index is 2.61. The van der Waals surface area contributed by atoms with Gasteiger partial charge in [0.05, 0.1) is 15.2 Å². The summed E-state index contributed by atoms with van der Waals surface area (Å²) in [6, 6.07) is 42.8. The fourth-order valence-electron chi connectivity index (χ4n) is 4.33. The molecule has 4 rings (SSSR count). The summed E-state index contributed by atoms with van der Waals surface area (Å²) in [6.45, 7) is 10.4. The lowest BCUT2D eigenvalue weighted by atomic mass is 10.3. The van der Waals surface area contributed by atoms with E-state index in [1.54, 1.807) is 15.7 Å². The molecule has 0 spiro atoms. The molecule has 0 aromatic heterocycles. The standard InChI is InChI=1S/C28H31PSi2/c1-30(2,26-20-12-7-13-21-26)31(3,4)28-23-15-14-22-27(28)29(24-16-8-5-9-17-24)25-18-10-6-11-19-25/h5-23H,1-4H3. The van der Waals surface area contributed by atoms with E-state index in [0.29, 0.717) is 0 Å². The maximum atomic E-state index is 2.61. The lowest BCUT2D eigenvalue weighted by Gasteiger charge is -2.41. The molecule has 4 aromatic carbocycles. The largest absolute Gasteiger partial charge is 0.0800 e. The summed E-state index contributed by atoms with van der Waals surface area (Å²) < 4.78 is 0. The van der Waals surface area contributed by atoms with Crippen LogP contribution in [0.3, 0.4) is 0 Å². The average Bonchev–Trinajstić information content (AvgIpc) is 2.81. The van der Waals surface area contributed by atoms with Crippen molar-refractivity contribution >= 4 is 49.4 Å². The predicted molar refractivity (Wildman–Crippen MR) is 146 cm³/mol. The summed E-state index contributed by atoms with van der Waals surface area (Å²) in [6.07, 6.45) is 0. The molecule has 0 unspecified atom stereocenters. The van der Waals surface area contributed by atoms with Gasteiger partial charge in [-0.2, -0.15) is 0 Å². The molecule has 0 radical (unpaired) electrons. The van der Waals surface area contributed by atoms with Crippen LogP contribution >= 0.6 is 7.92 Å². The lowest BCUT2D eigenvalue weighted by molar-refractivity contribution is 1.69. The zero-order chi connectivity index (χ0) is 21.9. The summed E-state index contributed by atoms with van der Waals surface area (Å²) in [4.78, 5) is 0. The van der Waals surface area contributed by atoms with E-state index in [2.05, 4.69) is 141 Å². The molecular weight excluding hydrogens is 423 g/mol. The van der Waals surface area contributed by atoms with Crippen LogP contribution in [0.5, 0.6) is 0 Å². The van der Waals surface area contributed by atoms with Crippen molar-refractivity contribution in [3.05, 3.63) is 115 Å². The van der Waals surface area contributed by atoms with Gasteiger partial charge in [0.2, 0.25) is 0 Å². The minimum absolute atomic E-state index is 0.590. The third-order valence-corrected chi connectivity index (χ3v) is 27.3. The number of hydrogen-bond donors (Lipinski definition) is 0. The van der Waals surface area contributed by atoms with E-state index >= 15 is 0 Å². The van der Waals surface area contributed by atoms with Gasteiger partial charge in [-0.05, 0) is 23.8 Å². The highest BCUT2D eigenvalue weighted by molar-refractivity contribution is 7.80. The maximum Gasteiger partial charge on any atom is 0.0800 e. The Morgan fingerprint density at radius 1 is 0.452 bits per heavy atom. The normalized spacial score (nSPS) is 12.2. The van der Waals surface area contributed by atoms with Gasteiger partial charge in [-0.3, -0.25) is 0 Å². The zero-order valence-corrected chi connectivity index (χ0v) is 21.8. The van der Waals surface area contributed by atoms with E-state index in [1.807, 2.05) is 0 Å². The van der Waals surface area contributed by atoms with E-state index in [1.165, 1.54) is 10.6 Å². The monoisotopic (exact) mass is 454 g/mol. The Balaban J connectivity index is 1.91. The molecule has 0 saturated heterocycles. The van der Waals surface area contributed by atoms with Gasteiger partial charge >= 0.3 is 0 Å². The summed E-state index contributed by atoms with van der Waals surface area (Å²) in [7, 11) is -4.03. The Morgan fingerprint density at radius 2 is 0.871 bits per heavy atom. The second-order valence-corrected chi connectivity index (χ2v) is 26.4. The molecule has 0 saturated carbocycles. The summed E-state index contributed by atoms with van der Waals surface area (Å²) in [5, 5.41) is 7.61. The summed E-state index contributed by atoms with van der Waals surface area (Å²) in [5.41, 5.74) is 0. The van der Waals surface area contributed by atoms with Crippen LogP contribution in [0, 0.1) is 0 Å². The first-order valence-electron chi connectivity index (χ1n) is 11.0. The Hall–Kier alpha value is -2.26. The molecule has 0 aliphatic rings. The van der Waals surface area contributed by atoms with E-state index in [9.17, 15) is 0 Å². The first-order chi connectivity index (χ1) is 14.9. The Kier molecular flexibility index (Phi) is 6.43. The third kappa shape index (κ3) is 4.25. The van der Waals surface area contributed by atoms with Crippen molar-refractivity contribution in [1.29, 1.82) is 0 Å². The van der Waals surface area contributed by atoms with Crippen LogP contribution in [-0.2, 0) is 0 Å². The quantitative estimate of drug-likeness (QED) is 0.282. The second kappa shape index (κ2) is 9.08. The van der Waals surface area contributed by atoms with Gasteiger partial charge in [0, 0.05) is 0 Å². The summed E-state index contributed by atoms with van der Waals surface area (Å²) >= 11 is 0. The van der Waals surface area contributed by atoms with Crippen molar-refractivity contribution in [3.63, 3.8) is 0 Å². The SMILES string of the molecule is C[Si](C)(c1ccccc1)[Si](C)(C)c1ccccc1P(c1ccccc1)c1ccccc1. The van der Waals surface area contributed by atoms with Gasteiger partial charge in [-0.1, -0.05) is 152 Å². The molecule has 0 nitrogen and oxygen atoms in total. The molecule has 0 aliphatic carbocycles. The zero-order valence-electron chi connectivity index (χ0n) is 18.9. The van der Waals surface area contributed by atoms with Crippen LogP contribution in [-0.4, -0.2) is 15.2 Å². The molecule has 31 heavy (non-hydrogen) atoms. The van der Waals surface area contributed by atoms with Crippen molar-refractivity contribution in [2.45, 2.75) is 26.2 Å². The molecule has 0 fully saturated rings. The number of benzene rings is 4. The molecule has 0 atom stereocenters. The van der Waals surface area contributed by atoms with E-state index in [-0.39, 0.29) is 0 Å². The Bertz CT molecular complexity index is 1080. The van der Waals surface area contributed by atoms with Crippen LogP contribution in [0.4, 0.5) is 0 Å². The lowest BCUT2D eigenvalue weighted by Crippen LogP contribution is -2.71. The minimum atomic E-state index is -1.77. The summed E-state index contributed by atoms with van der Waals surface area (Å²) in [5.74, 6) is 0. The third-order valence-electron chi connectivity index (χ3n) is 6.91. The molecule has 156 valence electrons. The first kappa shape index (κ1) is 22.0. The van der Waals surface area contributed by atoms with Gasteiger partial charge in [0.15, 0.2) is 0 Å². The van der Waals surface area contributed by atoms with Crippen LogP contribution in [0.1, 0.15) is 0 Å². The second-order valence-electron chi connectivity index (χ2n) is 9.14. The highest BCUT2D eigenvalue weighted by Crippen LogP contribution is 2.33. The van der Waals surface area contributed by atoms with Crippen molar-refractivity contribution in [3.8, 4) is 0 Å². The van der Waals surface area contributed by atoms with Crippen molar-refractivity contribution in [2.24, 2.45) is 0 Å². The molecule has 0 heterocycles. The highest BCUT2D eigenvalue weighted by Gasteiger charge is 2.45. The topological polar surface area (TPSA) is 0 Å². The molecule has 0 N–H and O–H groups in total. The fourth-order valence-corrected chi connectivity index (χ4v) is 17.2. The highest BCUT2D eigenvalue weighted by atomic mass is 31.1. The van der Waals surface area contributed by atoms with E-state index < -0.39 is 23.1 Å². The van der Waals surface area contributed by atoms with Gasteiger partial charge in [0.1, 0.15) is 0 Å². The van der Waals surface area contributed by atoms with Crippen molar-refractivity contribution in [1.82, 2.24) is 0 Å². The first-order valence-corrected chi connectivity index (χ1v) is 19.3. The van der Waals surface area contributed by atoms with Crippen LogP contribution in [0.15, 0.2) is 115 Å². The van der Waals surface area contributed by atoms with Gasteiger partial charge < -0.3 is 0 Å². The van der Waals surface area contributed by atoms with Gasteiger partial charge in [-0.15, -0.1) is 0 Å².